The summed E-state index contributed by atoms with van der Waals surface area (Å²) in [4.78, 5) is 12.4. The van der Waals surface area contributed by atoms with Gasteiger partial charge in [0, 0.05) is 0 Å². The van der Waals surface area contributed by atoms with Gasteiger partial charge in [0.2, 0.25) is 0 Å². The fourth-order valence-electron chi connectivity index (χ4n) is 5.21. The highest BCUT2D eigenvalue weighted by Gasteiger charge is 2.57. The van der Waals surface area contributed by atoms with Crippen LogP contribution in [0, 0.1) is 11.3 Å². The van der Waals surface area contributed by atoms with Crippen LogP contribution in [0.4, 0.5) is 0 Å². The molecule has 2 aliphatic carbocycles. The quantitative estimate of drug-likeness (QED) is 0.837. The normalized spacial score (nSPS) is 29.0. The van der Waals surface area contributed by atoms with Gasteiger partial charge in [0.05, 0.1) is 5.41 Å². The molecule has 3 nitrogen and oxygen atoms in total. The van der Waals surface area contributed by atoms with E-state index in [2.05, 4.69) is 33.8 Å². The lowest BCUT2D eigenvalue weighted by atomic mass is 9.49. The minimum atomic E-state index is -0.831. The van der Waals surface area contributed by atoms with Gasteiger partial charge in [-0.2, -0.15) is 0 Å². The molecule has 0 heterocycles. The van der Waals surface area contributed by atoms with Crippen LogP contribution in [-0.2, 0) is 16.6 Å². The molecule has 3 heteroatoms. The van der Waals surface area contributed by atoms with Gasteiger partial charge in [-0.15, -0.1) is 0 Å². The number of benzene rings is 1. The van der Waals surface area contributed by atoms with E-state index in [4.69, 9.17) is 0 Å². The van der Waals surface area contributed by atoms with Crippen LogP contribution in [0.1, 0.15) is 76.0 Å². The molecule has 2 N–H and O–H groups in total. The van der Waals surface area contributed by atoms with Crippen LogP contribution in [0.3, 0.4) is 0 Å². The van der Waals surface area contributed by atoms with Gasteiger partial charge in [-0.1, -0.05) is 40.2 Å². The average molecular weight is 316 g/mol. The first kappa shape index (κ1) is 16.4. The number of rotatable bonds is 2. The fraction of sp³-hybridized carbons (Fsp3) is 0.650. The van der Waals surface area contributed by atoms with Gasteiger partial charge in [-0.3, -0.25) is 4.79 Å². The Hall–Kier alpha value is -1.51. The van der Waals surface area contributed by atoms with Crippen molar-refractivity contribution < 1.29 is 15.0 Å². The maximum absolute atomic E-state index is 12.4. The summed E-state index contributed by atoms with van der Waals surface area (Å²) in [5.74, 6) is -0.0871. The summed E-state index contributed by atoms with van der Waals surface area (Å²) >= 11 is 0. The molecule has 1 saturated carbocycles. The molecule has 1 aromatic carbocycles. The van der Waals surface area contributed by atoms with Crippen molar-refractivity contribution in [2.45, 2.75) is 71.1 Å². The summed E-state index contributed by atoms with van der Waals surface area (Å²) in [5, 5.41) is 20.7. The Morgan fingerprint density at radius 3 is 2.57 bits per heavy atom. The maximum atomic E-state index is 12.4. The second-order valence-electron chi connectivity index (χ2n) is 8.43. The molecule has 0 aliphatic heterocycles. The number of carbonyl (C=O) groups is 1. The summed E-state index contributed by atoms with van der Waals surface area (Å²) < 4.78 is 0. The van der Waals surface area contributed by atoms with Crippen molar-refractivity contribution in [3.8, 4) is 5.75 Å². The molecule has 2 aliphatic rings. The lowest BCUT2D eigenvalue weighted by molar-refractivity contribution is -0.152. The van der Waals surface area contributed by atoms with Crippen molar-refractivity contribution in [1.29, 1.82) is 0 Å². The molecule has 0 unspecified atom stereocenters. The van der Waals surface area contributed by atoms with E-state index < -0.39 is 11.4 Å². The predicted molar refractivity (Wildman–Crippen MR) is 91.0 cm³/mol. The van der Waals surface area contributed by atoms with Crippen molar-refractivity contribution in [2.75, 3.05) is 0 Å². The van der Waals surface area contributed by atoms with Crippen molar-refractivity contribution in [1.82, 2.24) is 0 Å². The molecule has 0 radical (unpaired) electrons. The molecule has 0 amide bonds. The van der Waals surface area contributed by atoms with Gasteiger partial charge in [0.25, 0.3) is 0 Å². The molecule has 3 rings (SSSR count). The number of phenolic OH excluding ortho intramolecular Hbond substituents is 1. The van der Waals surface area contributed by atoms with Gasteiger partial charge in [0.15, 0.2) is 0 Å². The van der Waals surface area contributed by atoms with Gasteiger partial charge >= 0.3 is 5.97 Å². The number of carboxylic acid groups (broad SMARTS) is 1. The number of aliphatic carboxylic acids is 1. The van der Waals surface area contributed by atoms with Crippen LogP contribution in [-0.4, -0.2) is 16.2 Å². The molecule has 23 heavy (non-hydrogen) atoms. The topological polar surface area (TPSA) is 57.5 Å². The highest BCUT2D eigenvalue weighted by Crippen LogP contribution is 2.58. The molecule has 0 aromatic heterocycles. The first-order chi connectivity index (χ1) is 10.7. The van der Waals surface area contributed by atoms with E-state index in [1.165, 1.54) is 0 Å². The van der Waals surface area contributed by atoms with Gasteiger partial charge < -0.3 is 10.2 Å². The second kappa shape index (κ2) is 5.25. The molecule has 1 fully saturated rings. The van der Waals surface area contributed by atoms with Crippen LogP contribution < -0.4 is 0 Å². The number of phenols is 1. The van der Waals surface area contributed by atoms with Crippen molar-refractivity contribution in [2.24, 2.45) is 11.3 Å². The van der Waals surface area contributed by atoms with Crippen LogP contribution in [0.15, 0.2) is 12.1 Å². The van der Waals surface area contributed by atoms with E-state index in [0.717, 1.165) is 42.4 Å². The van der Waals surface area contributed by atoms with Crippen LogP contribution in [0.25, 0.3) is 0 Å². The number of carboxylic acids is 1. The van der Waals surface area contributed by atoms with E-state index >= 15 is 0 Å². The zero-order valence-corrected chi connectivity index (χ0v) is 14.6. The van der Waals surface area contributed by atoms with E-state index in [1.807, 2.05) is 0 Å². The number of aryl methyl sites for hydroxylation is 1. The molecule has 126 valence electrons. The molecule has 0 spiro atoms. The third-order valence-electron chi connectivity index (χ3n) is 6.37. The summed E-state index contributed by atoms with van der Waals surface area (Å²) in [6.45, 7) is 8.54. The summed E-state index contributed by atoms with van der Waals surface area (Å²) in [5.41, 5.74) is 2.12. The van der Waals surface area contributed by atoms with E-state index in [-0.39, 0.29) is 23.0 Å². The Bertz CT molecular complexity index is 645. The summed E-state index contributed by atoms with van der Waals surface area (Å²) in [6.07, 6.45) is 4.54. The molecule has 2 atom stereocenters. The number of hydrogen-bond donors (Lipinski definition) is 2. The Labute approximate surface area is 138 Å². The minimum Gasteiger partial charge on any atom is -0.508 e. The highest BCUT2D eigenvalue weighted by atomic mass is 16.4. The highest BCUT2D eigenvalue weighted by molar-refractivity contribution is 5.84. The lowest BCUT2D eigenvalue weighted by Crippen LogP contribution is -2.54. The van der Waals surface area contributed by atoms with Crippen molar-refractivity contribution >= 4 is 5.97 Å². The Morgan fingerprint density at radius 1 is 1.26 bits per heavy atom. The summed E-state index contributed by atoms with van der Waals surface area (Å²) in [6, 6.07) is 3.82. The van der Waals surface area contributed by atoms with E-state index in [0.29, 0.717) is 6.42 Å². The largest absolute Gasteiger partial charge is 0.508 e. The standard InChI is InChI=1S/C20H28O3/c1-12(2)14-10-13-6-7-17-19(3,4)8-5-9-20(17,18(22)23)15(13)11-16(14)21/h10-12,17,21H,5-9H2,1-4H3,(H,22,23)/t17-,20+/m0/s1. The van der Waals surface area contributed by atoms with Gasteiger partial charge in [-0.05, 0) is 65.7 Å². The predicted octanol–water partition coefficient (Wildman–Crippen LogP) is 4.61. The van der Waals surface area contributed by atoms with E-state index in [9.17, 15) is 15.0 Å². The van der Waals surface area contributed by atoms with E-state index in [1.54, 1.807) is 6.07 Å². The molecule has 0 saturated heterocycles. The second-order valence-corrected chi connectivity index (χ2v) is 8.43. The van der Waals surface area contributed by atoms with Crippen LogP contribution in [0.5, 0.6) is 5.75 Å². The zero-order chi connectivity index (χ0) is 17.0. The third kappa shape index (κ3) is 2.28. The first-order valence-electron chi connectivity index (χ1n) is 8.80. The Kier molecular flexibility index (Phi) is 3.74. The SMILES string of the molecule is CC(C)c1cc2c(cc1O)[C@]1(C(=O)O)CCCC(C)(C)[C@@H]1CC2. The Morgan fingerprint density at radius 2 is 1.96 bits per heavy atom. The molecule has 1 aromatic rings. The monoisotopic (exact) mass is 316 g/mol. The number of fused-ring (bicyclic) bond motifs is 3. The molecule has 0 bridgehead atoms. The maximum Gasteiger partial charge on any atom is 0.314 e. The minimum absolute atomic E-state index is 0.0284. The average Bonchev–Trinajstić information content (AvgIpc) is 2.45. The van der Waals surface area contributed by atoms with Gasteiger partial charge in [-0.25, -0.2) is 0 Å². The number of hydrogen-bond acceptors (Lipinski definition) is 2. The first-order valence-corrected chi connectivity index (χ1v) is 8.80. The molecular weight excluding hydrogens is 288 g/mol. The van der Waals surface area contributed by atoms with Crippen molar-refractivity contribution in [3.63, 3.8) is 0 Å². The van der Waals surface area contributed by atoms with Crippen LogP contribution >= 0.6 is 0 Å². The van der Waals surface area contributed by atoms with Gasteiger partial charge in [0.1, 0.15) is 5.75 Å². The number of aromatic hydroxyl groups is 1. The lowest BCUT2D eigenvalue weighted by Gasteiger charge is -2.53. The zero-order valence-electron chi connectivity index (χ0n) is 14.6. The van der Waals surface area contributed by atoms with Crippen molar-refractivity contribution in [3.05, 3.63) is 28.8 Å². The Balaban J connectivity index is 2.23. The smallest absolute Gasteiger partial charge is 0.314 e. The fourth-order valence-corrected chi connectivity index (χ4v) is 5.21. The third-order valence-corrected chi connectivity index (χ3v) is 6.37. The molecular formula is C20H28O3. The summed E-state index contributed by atoms with van der Waals surface area (Å²) in [7, 11) is 0. The van der Waals surface area contributed by atoms with Crippen LogP contribution in [0.2, 0.25) is 0 Å².